The largest absolute Gasteiger partial charge is 0.309 e. The minimum atomic E-state index is 1.16. The van der Waals surface area contributed by atoms with Crippen molar-refractivity contribution in [3.63, 3.8) is 0 Å². The highest BCUT2D eigenvalue weighted by Gasteiger charge is 2.17. The van der Waals surface area contributed by atoms with Crippen LogP contribution >= 0.6 is 0 Å². The van der Waals surface area contributed by atoms with Crippen LogP contribution in [-0.4, -0.2) is 9.13 Å². The van der Waals surface area contributed by atoms with Crippen LogP contribution in [0.25, 0.3) is 110 Å². The summed E-state index contributed by atoms with van der Waals surface area (Å²) >= 11 is 0. The number of rotatable bonds is 4. The monoisotopic (exact) mass is 710 g/mol. The molecule has 0 aliphatic rings. The van der Waals surface area contributed by atoms with Crippen LogP contribution in [0.5, 0.6) is 0 Å². The minimum absolute atomic E-state index is 1.16. The van der Waals surface area contributed by atoms with Gasteiger partial charge in [-0.2, -0.15) is 0 Å². The smallest absolute Gasteiger partial charge is 0.0547 e. The van der Waals surface area contributed by atoms with Crippen LogP contribution in [0.15, 0.2) is 206 Å². The molecule has 2 heterocycles. The molecule has 0 aliphatic heterocycles. The van der Waals surface area contributed by atoms with Crippen LogP contribution in [0.2, 0.25) is 0 Å². The van der Waals surface area contributed by atoms with Crippen molar-refractivity contribution in [3.8, 4) is 33.6 Å². The Kier molecular flexibility index (Phi) is 6.66. The highest BCUT2D eigenvalue weighted by molar-refractivity contribution is 6.26. The van der Waals surface area contributed by atoms with Gasteiger partial charge in [0.1, 0.15) is 0 Å². The van der Waals surface area contributed by atoms with Crippen molar-refractivity contribution in [1.29, 1.82) is 0 Å². The van der Waals surface area contributed by atoms with Crippen LogP contribution in [0, 0.1) is 0 Å². The van der Waals surface area contributed by atoms with E-state index in [-0.39, 0.29) is 0 Å². The van der Waals surface area contributed by atoms with Gasteiger partial charge in [0, 0.05) is 32.9 Å². The van der Waals surface area contributed by atoms with Gasteiger partial charge in [-0.05, 0) is 121 Å². The zero-order valence-electron chi connectivity index (χ0n) is 30.5. The molecule has 0 amide bonds. The van der Waals surface area contributed by atoms with E-state index in [9.17, 15) is 0 Å². The lowest BCUT2D eigenvalue weighted by Gasteiger charge is -2.12. The first kappa shape index (κ1) is 31.0. The standard InChI is InChI=1S/C54H34N2/c1-3-13-39(14-4-1)55-51-22-12-11-21-46(51)49-33-37(26-29-52(49)55)38-24-28-47-50-32-36(25-30-53(50)56(54(47)34-38)40-15-5-2-6-16-40)35-23-27-45-43-19-8-7-17-41(43)42-18-9-10-20-44(42)48(45)31-35/h1-34H. The molecule has 12 aromatic rings. The molecular weight excluding hydrogens is 677 g/mol. The molecule has 2 nitrogen and oxygen atoms in total. The number of hydrogen-bond donors (Lipinski definition) is 0. The molecule has 0 saturated heterocycles. The highest BCUT2D eigenvalue weighted by atomic mass is 15.0. The molecule has 0 radical (unpaired) electrons. The summed E-state index contributed by atoms with van der Waals surface area (Å²) < 4.78 is 4.81. The fourth-order valence-corrected chi connectivity index (χ4v) is 9.33. The Hall–Kier alpha value is -7.42. The maximum absolute atomic E-state index is 2.43. The average molecular weight is 711 g/mol. The summed E-state index contributed by atoms with van der Waals surface area (Å²) in [5, 5.41) is 12.8. The number of nitrogens with zero attached hydrogens (tertiary/aromatic N) is 2. The molecule has 260 valence electrons. The lowest BCUT2D eigenvalue weighted by Crippen LogP contribution is -1.94. The molecule has 0 bridgehead atoms. The molecule has 0 aliphatic carbocycles. The number of benzene rings is 10. The van der Waals surface area contributed by atoms with Crippen molar-refractivity contribution < 1.29 is 0 Å². The van der Waals surface area contributed by atoms with Crippen molar-refractivity contribution in [2.45, 2.75) is 0 Å². The van der Waals surface area contributed by atoms with Gasteiger partial charge in [0.15, 0.2) is 0 Å². The lowest BCUT2D eigenvalue weighted by molar-refractivity contribution is 1.18. The first-order chi connectivity index (χ1) is 27.8. The van der Waals surface area contributed by atoms with Gasteiger partial charge in [-0.3, -0.25) is 0 Å². The van der Waals surface area contributed by atoms with E-state index in [1.165, 1.54) is 104 Å². The Morgan fingerprint density at radius 3 is 1.09 bits per heavy atom. The van der Waals surface area contributed by atoms with E-state index in [1.54, 1.807) is 0 Å². The summed E-state index contributed by atoms with van der Waals surface area (Å²) in [5.74, 6) is 0. The number of hydrogen-bond acceptors (Lipinski definition) is 0. The van der Waals surface area contributed by atoms with E-state index in [0.717, 1.165) is 5.69 Å². The fraction of sp³-hybridized carbons (Fsp3) is 0. The van der Waals surface area contributed by atoms with E-state index in [4.69, 9.17) is 0 Å². The van der Waals surface area contributed by atoms with Crippen LogP contribution in [0.1, 0.15) is 0 Å². The third-order valence-electron chi connectivity index (χ3n) is 11.9. The van der Waals surface area contributed by atoms with Crippen molar-refractivity contribution >= 4 is 75.9 Å². The van der Waals surface area contributed by atoms with E-state index >= 15 is 0 Å². The Morgan fingerprint density at radius 2 is 0.536 bits per heavy atom. The van der Waals surface area contributed by atoms with E-state index in [2.05, 4.69) is 215 Å². The predicted octanol–water partition coefficient (Wildman–Crippen LogP) is 14.7. The third kappa shape index (κ3) is 4.57. The van der Waals surface area contributed by atoms with Gasteiger partial charge >= 0.3 is 0 Å². The molecule has 0 atom stereocenters. The van der Waals surface area contributed by atoms with E-state index < -0.39 is 0 Å². The van der Waals surface area contributed by atoms with Gasteiger partial charge < -0.3 is 9.13 Å². The lowest BCUT2D eigenvalue weighted by atomic mass is 9.92. The summed E-state index contributed by atoms with van der Waals surface area (Å²) in [7, 11) is 0. The van der Waals surface area contributed by atoms with Crippen molar-refractivity contribution in [2.24, 2.45) is 0 Å². The van der Waals surface area contributed by atoms with Gasteiger partial charge in [0.25, 0.3) is 0 Å². The third-order valence-corrected chi connectivity index (χ3v) is 11.9. The molecule has 2 aromatic heterocycles. The minimum Gasteiger partial charge on any atom is -0.309 e. The Bertz CT molecular complexity index is 3480. The first-order valence-corrected chi connectivity index (χ1v) is 19.3. The SMILES string of the molecule is c1ccc(-n2c3ccccc3c3cc(-c4ccc5c6cc(-c7ccc8c9ccccc9c9ccccc9c8c7)ccc6n(-c6ccccc6)c5c4)ccc32)cc1. The molecule has 2 heteroatoms. The number of para-hydroxylation sites is 3. The van der Waals surface area contributed by atoms with Gasteiger partial charge in [0.05, 0.1) is 22.1 Å². The van der Waals surface area contributed by atoms with E-state index in [1.807, 2.05) is 0 Å². The van der Waals surface area contributed by atoms with Gasteiger partial charge in [-0.25, -0.2) is 0 Å². The average Bonchev–Trinajstić information content (AvgIpc) is 3.78. The summed E-state index contributed by atoms with van der Waals surface area (Å²) in [6, 6.07) is 75.8. The van der Waals surface area contributed by atoms with Crippen molar-refractivity contribution in [3.05, 3.63) is 206 Å². The van der Waals surface area contributed by atoms with Crippen LogP contribution in [-0.2, 0) is 0 Å². The maximum Gasteiger partial charge on any atom is 0.0547 e. The highest BCUT2D eigenvalue weighted by Crippen LogP contribution is 2.41. The molecule has 0 fully saturated rings. The zero-order valence-corrected chi connectivity index (χ0v) is 30.5. The second-order valence-corrected chi connectivity index (χ2v) is 14.9. The summed E-state index contributed by atoms with van der Waals surface area (Å²) in [6.07, 6.45) is 0. The summed E-state index contributed by atoms with van der Waals surface area (Å²) in [4.78, 5) is 0. The molecule has 0 unspecified atom stereocenters. The molecule has 0 N–H and O–H groups in total. The van der Waals surface area contributed by atoms with Gasteiger partial charge in [-0.15, -0.1) is 0 Å². The van der Waals surface area contributed by atoms with Gasteiger partial charge in [0.2, 0.25) is 0 Å². The summed E-state index contributed by atoms with van der Waals surface area (Å²) in [5.41, 5.74) is 12.0. The molecular formula is C54H34N2. The van der Waals surface area contributed by atoms with Crippen molar-refractivity contribution in [1.82, 2.24) is 9.13 Å². The first-order valence-electron chi connectivity index (χ1n) is 19.3. The quantitative estimate of drug-likeness (QED) is 0.161. The van der Waals surface area contributed by atoms with E-state index in [0.29, 0.717) is 0 Å². The van der Waals surface area contributed by atoms with Crippen LogP contribution in [0.3, 0.4) is 0 Å². The fourth-order valence-electron chi connectivity index (χ4n) is 9.33. The topological polar surface area (TPSA) is 9.86 Å². The molecule has 0 spiro atoms. The van der Waals surface area contributed by atoms with Crippen LogP contribution in [0.4, 0.5) is 0 Å². The Morgan fingerprint density at radius 1 is 0.196 bits per heavy atom. The van der Waals surface area contributed by atoms with Crippen molar-refractivity contribution in [2.75, 3.05) is 0 Å². The van der Waals surface area contributed by atoms with Crippen LogP contribution < -0.4 is 0 Å². The molecule has 56 heavy (non-hydrogen) atoms. The second kappa shape index (κ2) is 12.0. The Labute approximate surface area is 323 Å². The second-order valence-electron chi connectivity index (χ2n) is 14.9. The Balaban J connectivity index is 1.05. The number of fused-ring (bicyclic) bond motifs is 12. The summed E-state index contributed by atoms with van der Waals surface area (Å²) in [6.45, 7) is 0. The number of aromatic nitrogens is 2. The zero-order chi connectivity index (χ0) is 36.7. The molecule has 12 rings (SSSR count). The predicted molar refractivity (Wildman–Crippen MR) is 239 cm³/mol. The maximum atomic E-state index is 2.43. The van der Waals surface area contributed by atoms with Gasteiger partial charge in [-0.1, -0.05) is 140 Å². The normalized spacial score (nSPS) is 11.9. The molecule has 0 saturated carbocycles. The molecule has 10 aromatic carbocycles.